The number of carbonyl (C=O) groups excluding carboxylic acids is 1. The van der Waals surface area contributed by atoms with E-state index in [2.05, 4.69) is 29.6 Å². The first-order valence-electron chi connectivity index (χ1n) is 7.90. The van der Waals surface area contributed by atoms with E-state index in [1.165, 1.54) is 11.9 Å². The summed E-state index contributed by atoms with van der Waals surface area (Å²) in [6.45, 7) is 3.77. The summed E-state index contributed by atoms with van der Waals surface area (Å²) in [4.78, 5) is 13.0. The molecule has 0 atom stereocenters. The van der Waals surface area contributed by atoms with Crippen molar-refractivity contribution in [3.05, 3.63) is 11.8 Å². The maximum Gasteiger partial charge on any atom is 0.401 e. The zero-order chi connectivity index (χ0) is 18.3. The number of nitrogens with one attached hydrogen (secondary N) is 2. The molecular weight excluding hydrogens is 323 g/mol. The Bertz CT molecular complexity index is 528. The highest BCUT2D eigenvalue weighted by atomic mass is 19.4. The van der Waals surface area contributed by atoms with Gasteiger partial charge in [0.2, 0.25) is 0 Å². The predicted molar refractivity (Wildman–Crippen MR) is 86.9 cm³/mol. The van der Waals surface area contributed by atoms with Crippen LogP contribution in [-0.2, 0) is 13.5 Å². The molecule has 1 aromatic heterocycles. The number of hydrogen-bond acceptors (Lipinski definition) is 3. The van der Waals surface area contributed by atoms with Crippen LogP contribution in [0.3, 0.4) is 0 Å². The topological polar surface area (TPSA) is 62.2 Å². The number of nitrogens with zero attached hydrogens (tertiary/aromatic N) is 3. The van der Waals surface area contributed by atoms with Crippen LogP contribution in [0.4, 0.5) is 23.8 Å². The van der Waals surface area contributed by atoms with Crippen molar-refractivity contribution in [2.45, 2.75) is 32.9 Å². The van der Waals surface area contributed by atoms with Gasteiger partial charge in [-0.15, -0.1) is 0 Å². The van der Waals surface area contributed by atoms with Crippen LogP contribution >= 0.6 is 0 Å². The van der Waals surface area contributed by atoms with Gasteiger partial charge in [0.25, 0.3) is 0 Å². The minimum Gasteiger partial charge on any atom is -0.338 e. The first-order chi connectivity index (χ1) is 11.1. The van der Waals surface area contributed by atoms with Gasteiger partial charge < -0.3 is 5.32 Å². The first kappa shape index (κ1) is 20.3. The van der Waals surface area contributed by atoms with Crippen molar-refractivity contribution < 1.29 is 18.0 Å². The average Bonchev–Trinajstić information content (AvgIpc) is 2.71. The summed E-state index contributed by atoms with van der Waals surface area (Å²) in [6, 6.07) is 1.42. The Morgan fingerprint density at radius 1 is 1.42 bits per heavy atom. The highest BCUT2D eigenvalue weighted by molar-refractivity contribution is 5.88. The molecule has 0 bridgehead atoms. The molecule has 0 radical (unpaired) electrons. The zero-order valence-corrected chi connectivity index (χ0v) is 14.6. The van der Waals surface area contributed by atoms with Crippen LogP contribution in [-0.4, -0.2) is 53.6 Å². The number of aryl methyl sites for hydroxylation is 1. The molecule has 0 aliphatic rings. The van der Waals surface area contributed by atoms with Crippen LogP contribution < -0.4 is 10.6 Å². The summed E-state index contributed by atoms with van der Waals surface area (Å²) in [6.07, 6.45) is -2.94. The molecule has 0 spiro atoms. The Kier molecular flexibility index (Phi) is 7.53. The number of amides is 2. The lowest BCUT2D eigenvalue weighted by atomic mass is 10.1. The molecule has 2 N–H and O–H groups in total. The van der Waals surface area contributed by atoms with E-state index in [9.17, 15) is 18.0 Å². The van der Waals surface area contributed by atoms with Gasteiger partial charge in [-0.3, -0.25) is 14.9 Å². The lowest BCUT2D eigenvalue weighted by molar-refractivity contribution is -0.143. The standard InChI is InChI=1S/C15H26F3N5O/c1-11(2)8-12-9-13(23(4)21-12)20-14(24)19-6-5-7-22(3)10-15(16,17)18/h9,11H,5-8,10H2,1-4H3,(H2,19,20,24). The molecule has 6 nitrogen and oxygen atoms in total. The molecule has 2 amide bonds. The number of anilines is 1. The third-order valence-corrected chi connectivity index (χ3v) is 3.24. The fourth-order valence-corrected chi connectivity index (χ4v) is 2.26. The van der Waals surface area contributed by atoms with Gasteiger partial charge in [-0.2, -0.15) is 18.3 Å². The Morgan fingerprint density at radius 2 is 2.08 bits per heavy atom. The van der Waals surface area contributed by atoms with Gasteiger partial charge in [0.05, 0.1) is 12.2 Å². The van der Waals surface area contributed by atoms with Crippen LogP contribution in [0.5, 0.6) is 0 Å². The van der Waals surface area contributed by atoms with E-state index in [0.29, 0.717) is 24.7 Å². The number of hydrogen-bond donors (Lipinski definition) is 2. The van der Waals surface area contributed by atoms with E-state index in [0.717, 1.165) is 12.1 Å². The molecule has 24 heavy (non-hydrogen) atoms. The van der Waals surface area contributed by atoms with E-state index in [-0.39, 0.29) is 6.54 Å². The van der Waals surface area contributed by atoms with E-state index in [4.69, 9.17) is 0 Å². The number of rotatable bonds is 8. The van der Waals surface area contributed by atoms with Gasteiger partial charge in [-0.05, 0) is 32.4 Å². The Labute approximate surface area is 140 Å². The van der Waals surface area contributed by atoms with Crippen molar-refractivity contribution in [1.82, 2.24) is 20.0 Å². The number of aromatic nitrogens is 2. The maximum absolute atomic E-state index is 12.2. The number of carbonyl (C=O) groups is 1. The normalized spacial score (nSPS) is 12.0. The summed E-state index contributed by atoms with van der Waals surface area (Å²) < 4.78 is 38.1. The van der Waals surface area contributed by atoms with E-state index < -0.39 is 18.8 Å². The highest BCUT2D eigenvalue weighted by Crippen LogP contribution is 2.15. The molecule has 1 heterocycles. The summed E-state index contributed by atoms with van der Waals surface area (Å²) >= 11 is 0. The van der Waals surface area contributed by atoms with E-state index in [1.54, 1.807) is 11.7 Å². The lowest BCUT2D eigenvalue weighted by Gasteiger charge is -2.18. The number of urea groups is 1. The largest absolute Gasteiger partial charge is 0.401 e. The van der Waals surface area contributed by atoms with Crippen molar-refractivity contribution in [1.29, 1.82) is 0 Å². The Morgan fingerprint density at radius 3 is 2.67 bits per heavy atom. The minimum absolute atomic E-state index is 0.254. The van der Waals surface area contributed by atoms with Crippen LogP contribution in [0, 0.1) is 5.92 Å². The fourth-order valence-electron chi connectivity index (χ4n) is 2.26. The minimum atomic E-state index is -4.20. The molecular formula is C15H26F3N5O. The van der Waals surface area contributed by atoms with Crippen LogP contribution in [0.25, 0.3) is 0 Å². The highest BCUT2D eigenvalue weighted by Gasteiger charge is 2.28. The van der Waals surface area contributed by atoms with Crippen molar-refractivity contribution in [2.75, 3.05) is 32.0 Å². The molecule has 0 unspecified atom stereocenters. The van der Waals surface area contributed by atoms with Crippen molar-refractivity contribution in [3.63, 3.8) is 0 Å². The molecule has 1 rings (SSSR count). The van der Waals surface area contributed by atoms with Gasteiger partial charge in [-0.25, -0.2) is 4.79 Å². The molecule has 0 saturated carbocycles. The third kappa shape index (κ3) is 8.19. The summed E-state index contributed by atoms with van der Waals surface area (Å²) in [7, 11) is 3.14. The SMILES string of the molecule is CC(C)Cc1cc(NC(=O)NCCCN(C)CC(F)(F)F)n(C)n1. The van der Waals surface area contributed by atoms with Crippen LogP contribution in [0.15, 0.2) is 6.07 Å². The van der Waals surface area contributed by atoms with Crippen LogP contribution in [0.2, 0.25) is 0 Å². The van der Waals surface area contributed by atoms with E-state index in [1.807, 2.05) is 6.07 Å². The van der Waals surface area contributed by atoms with Gasteiger partial charge in [0, 0.05) is 19.7 Å². The zero-order valence-electron chi connectivity index (χ0n) is 14.6. The Balaban J connectivity index is 2.30. The average molecular weight is 349 g/mol. The van der Waals surface area contributed by atoms with Crippen LogP contribution in [0.1, 0.15) is 26.0 Å². The fraction of sp³-hybridized carbons (Fsp3) is 0.733. The second kappa shape index (κ2) is 8.91. The molecule has 0 saturated heterocycles. The van der Waals surface area contributed by atoms with E-state index >= 15 is 0 Å². The molecule has 9 heteroatoms. The second-order valence-corrected chi connectivity index (χ2v) is 6.33. The molecule has 0 aliphatic heterocycles. The smallest absolute Gasteiger partial charge is 0.338 e. The van der Waals surface area contributed by atoms with Gasteiger partial charge in [-0.1, -0.05) is 13.8 Å². The van der Waals surface area contributed by atoms with Gasteiger partial charge >= 0.3 is 12.2 Å². The molecule has 0 aliphatic carbocycles. The molecule has 0 fully saturated rings. The molecule has 138 valence electrons. The predicted octanol–water partition coefficient (Wildman–Crippen LogP) is 2.62. The molecule has 0 aromatic carbocycles. The number of halogens is 3. The quantitative estimate of drug-likeness (QED) is 0.709. The third-order valence-electron chi connectivity index (χ3n) is 3.24. The van der Waals surface area contributed by atoms with Gasteiger partial charge in [0.1, 0.15) is 5.82 Å². The second-order valence-electron chi connectivity index (χ2n) is 6.33. The van der Waals surface area contributed by atoms with Crippen molar-refractivity contribution in [3.8, 4) is 0 Å². The molecule has 1 aromatic rings. The Hall–Kier alpha value is -1.77. The monoisotopic (exact) mass is 349 g/mol. The lowest BCUT2D eigenvalue weighted by Crippen LogP contribution is -2.35. The summed E-state index contributed by atoms with van der Waals surface area (Å²) in [5.74, 6) is 1.05. The first-order valence-corrected chi connectivity index (χ1v) is 7.90. The van der Waals surface area contributed by atoms with Crippen molar-refractivity contribution >= 4 is 11.8 Å². The number of alkyl halides is 3. The van der Waals surface area contributed by atoms with Crippen molar-refractivity contribution in [2.24, 2.45) is 13.0 Å². The van der Waals surface area contributed by atoms with Gasteiger partial charge in [0.15, 0.2) is 0 Å². The maximum atomic E-state index is 12.2. The summed E-state index contributed by atoms with van der Waals surface area (Å²) in [5, 5.41) is 9.63. The summed E-state index contributed by atoms with van der Waals surface area (Å²) in [5.41, 5.74) is 0.900.